The van der Waals surface area contributed by atoms with E-state index in [2.05, 4.69) is 0 Å². The molecule has 1 amide bonds. The second-order valence-electron chi connectivity index (χ2n) is 5.36. The lowest BCUT2D eigenvalue weighted by atomic mass is 9.96. The van der Waals surface area contributed by atoms with Crippen LogP contribution in [0.1, 0.15) is 24.5 Å². The first kappa shape index (κ1) is 13.8. The zero-order valence-electron chi connectivity index (χ0n) is 11.5. The Hall–Kier alpha value is -1.61. The van der Waals surface area contributed by atoms with E-state index >= 15 is 0 Å². The van der Waals surface area contributed by atoms with Crippen molar-refractivity contribution in [2.75, 3.05) is 13.1 Å². The molecule has 2 rings (SSSR count). The molecular weight excluding hydrogens is 238 g/mol. The minimum atomic E-state index is -0.398. The lowest BCUT2D eigenvalue weighted by molar-refractivity contribution is -0.130. The SMILES string of the molecule is Cc1ccc(/C=C/C(=O)N2CCC(C)C(O)C2)cc1. The third-order valence-corrected chi connectivity index (χ3v) is 3.73. The van der Waals surface area contributed by atoms with Gasteiger partial charge < -0.3 is 10.0 Å². The van der Waals surface area contributed by atoms with Crippen molar-refractivity contribution in [2.45, 2.75) is 26.4 Å². The summed E-state index contributed by atoms with van der Waals surface area (Å²) in [5.41, 5.74) is 2.22. The Morgan fingerprint density at radius 2 is 2.05 bits per heavy atom. The van der Waals surface area contributed by atoms with Gasteiger partial charge in [0, 0.05) is 19.2 Å². The number of hydrogen-bond acceptors (Lipinski definition) is 2. The van der Waals surface area contributed by atoms with Crippen molar-refractivity contribution in [2.24, 2.45) is 5.92 Å². The molecule has 1 saturated heterocycles. The van der Waals surface area contributed by atoms with Gasteiger partial charge in [0.05, 0.1) is 6.10 Å². The second kappa shape index (κ2) is 6.02. The standard InChI is InChI=1S/C16H21NO2/c1-12-3-5-14(6-4-12)7-8-16(19)17-10-9-13(2)15(18)11-17/h3-8,13,15,18H,9-11H2,1-2H3/b8-7+. The van der Waals surface area contributed by atoms with Gasteiger partial charge in [0.2, 0.25) is 5.91 Å². The summed E-state index contributed by atoms with van der Waals surface area (Å²) in [5.74, 6) is 0.261. The van der Waals surface area contributed by atoms with E-state index in [0.29, 0.717) is 6.54 Å². The van der Waals surface area contributed by atoms with Crippen LogP contribution in [0.3, 0.4) is 0 Å². The summed E-state index contributed by atoms with van der Waals surface area (Å²) >= 11 is 0. The summed E-state index contributed by atoms with van der Waals surface area (Å²) in [7, 11) is 0. The first-order valence-corrected chi connectivity index (χ1v) is 6.78. The van der Waals surface area contributed by atoms with E-state index in [0.717, 1.165) is 18.5 Å². The number of aliphatic hydroxyl groups excluding tert-OH is 1. The van der Waals surface area contributed by atoms with Gasteiger partial charge in [-0.1, -0.05) is 36.8 Å². The molecule has 1 fully saturated rings. The van der Waals surface area contributed by atoms with Crippen LogP contribution in [-0.4, -0.2) is 35.1 Å². The van der Waals surface area contributed by atoms with Gasteiger partial charge in [-0.15, -0.1) is 0 Å². The Morgan fingerprint density at radius 3 is 2.68 bits per heavy atom. The van der Waals surface area contributed by atoms with Crippen LogP contribution in [0, 0.1) is 12.8 Å². The first-order chi connectivity index (χ1) is 9.06. The van der Waals surface area contributed by atoms with Gasteiger partial charge in [-0.3, -0.25) is 4.79 Å². The molecule has 1 aromatic carbocycles. The van der Waals surface area contributed by atoms with Gasteiger partial charge >= 0.3 is 0 Å². The maximum absolute atomic E-state index is 12.0. The molecule has 1 aliphatic heterocycles. The number of hydrogen-bond donors (Lipinski definition) is 1. The van der Waals surface area contributed by atoms with Crippen molar-refractivity contribution < 1.29 is 9.90 Å². The molecule has 1 aliphatic rings. The molecule has 1 N–H and O–H groups in total. The lowest BCUT2D eigenvalue weighted by Gasteiger charge is -2.33. The molecule has 19 heavy (non-hydrogen) atoms. The van der Waals surface area contributed by atoms with E-state index in [1.54, 1.807) is 11.0 Å². The molecule has 1 heterocycles. The van der Waals surface area contributed by atoms with Crippen LogP contribution in [0.15, 0.2) is 30.3 Å². The minimum absolute atomic E-state index is 0.0217. The highest BCUT2D eigenvalue weighted by molar-refractivity contribution is 5.91. The molecule has 1 aromatic rings. The average Bonchev–Trinajstić information content (AvgIpc) is 2.41. The number of carbonyl (C=O) groups is 1. The number of likely N-dealkylation sites (tertiary alicyclic amines) is 1. The number of rotatable bonds is 2. The number of amides is 1. The van der Waals surface area contributed by atoms with Gasteiger partial charge in [0.15, 0.2) is 0 Å². The van der Waals surface area contributed by atoms with E-state index in [-0.39, 0.29) is 11.8 Å². The molecule has 0 saturated carbocycles. The zero-order valence-corrected chi connectivity index (χ0v) is 11.5. The van der Waals surface area contributed by atoms with Gasteiger partial charge in [0.25, 0.3) is 0 Å². The van der Waals surface area contributed by atoms with E-state index in [1.807, 2.05) is 44.2 Å². The number of piperidine rings is 1. The van der Waals surface area contributed by atoms with Gasteiger partial charge in [-0.05, 0) is 30.9 Å². The molecular formula is C16H21NO2. The fourth-order valence-electron chi connectivity index (χ4n) is 2.20. The van der Waals surface area contributed by atoms with Gasteiger partial charge in [-0.2, -0.15) is 0 Å². The Balaban J connectivity index is 1.95. The maximum atomic E-state index is 12.0. The molecule has 0 aliphatic carbocycles. The Labute approximate surface area is 114 Å². The molecule has 2 atom stereocenters. The van der Waals surface area contributed by atoms with Crippen LogP contribution >= 0.6 is 0 Å². The number of β-amino-alcohol motifs (C(OH)–C–C–N with tert-alkyl or cyclic N) is 1. The number of nitrogens with zero attached hydrogens (tertiary/aromatic N) is 1. The van der Waals surface area contributed by atoms with Gasteiger partial charge in [-0.25, -0.2) is 0 Å². The fourth-order valence-corrected chi connectivity index (χ4v) is 2.20. The van der Waals surface area contributed by atoms with Crippen LogP contribution in [0.25, 0.3) is 6.08 Å². The van der Waals surface area contributed by atoms with Crippen molar-refractivity contribution in [1.82, 2.24) is 4.90 Å². The normalized spacial score (nSPS) is 23.8. The minimum Gasteiger partial charge on any atom is -0.391 e. The molecule has 3 nitrogen and oxygen atoms in total. The Bertz CT molecular complexity index is 464. The zero-order chi connectivity index (χ0) is 13.8. The summed E-state index contributed by atoms with van der Waals surface area (Å²) in [6.45, 7) is 5.23. The maximum Gasteiger partial charge on any atom is 0.246 e. The second-order valence-corrected chi connectivity index (χ2v) is 5.36. The summed E-state index contributed by atoms with van der Waals surface area (Å²) in [6, 6.07) is 8.03. The molecule has 102 valence electrons. The Morgan fingerprint density at radius 1 is 1.37 bits per heavy atom. The predicted molar refractivity (Wildman–Crippen MR) is 76.6 cm³/mol. The Kier molecular flexibility index (Phi) is 4.38. The lowest BCUT2D eigenvalue weighted by Crippen LogP contribution is -2.45. The predicted octanol–water partition coefficient (Wildman–Crippen LogP) is 2.24. The first-order valence-electron chi connectivity index (χ1n) is 6.78. The number of benzene rings is 1. The van der Waals surface area contributed by atoms with Crippen LogP contribution in [0.5, 0.6) is 0 Å². The molecule has 2 unspecified atom stereocenters. The molecule has 0 spiro atoms. The highest BCUT2D eigenvalue weighted by Gasteiger charge is 2.25. The van der Waals surface area contributed by atoms with Crippen LogP contribution < -0.4 is 0 Å². The van der Waals surface area contributed by atoms with Crippen LogP contribution in [-0.2, 0) is 4.79 Å². The monoisotopic (exact) mass is 259 g/mol. The topological polar surface area (TPSA) is 40.5 Å². The molecule has 0 aromatic heterocycles. The van der Waals surface area contributed by atoms with Crippen molar-refractivity contribution in [3.8, 4) is 0 Å². The summed E-state index contributed by atoms with van der Waals surface area (Å²) < 4.78 is 0. The van der Waals surface area contributed by atoms with Crippen molar-refractivity contribution in [3.05, 3.63) is 41.5 Å². The van der Waals surface area contributed by atoms with E-state index in [9.17, 15) is 9.90 Å². The number of aliphatic hydroxyl groups is 1. The molecule has 3 heteroatoms. The fraction of sp³-hybridized carbons (Fsp3) is 0.438. The van der Waals surface area contributed by atoms with Crippen molar-refractivity contribution in [3.63, 3.8) is 0 Å². The van der Waals surface area contributed by atoms with Crippen molar-refractivity contribution >= 4 is 12.0 Å². The smallest absolute Gasteiger partial charge is 0.246 e. The number of aryl methyl sites for hydroxylation is 1. The van der Waals surface area contributed by atoms with E-state index in [4.69, 9.17) is 0 Å². The average molecular weight is 259 g/mol. The van der Waals surface area contributed by atoms with E-state index < -0.39 is 6.10 Å². The summed E-state index contributed by atoms with van der Waals surface area (Å²) in [5, 5.41) is 9.79. The van der Waals surface area contributed by atoms with Crippen molar-refractivity contribution in [1.29, 1.82) is 0 Å². The third-order valence-electron chi connectivity index (χ3n) is 3.73. The molecule has 0 bridgehead atoms. The van der Waals surface area contributed by atoms with Crippen LogP contribution in [0.4, 0.5) is 0 Å². The third kappa shape index (κ3) is 3.67. The largest absolute Gasteiger partial charge is 0.391 e. The number of carbonyl (C=O) groups excluding carboxylic acids is 1. The summed E-state index contributed by atoms with van der Waals surface area (Å²) in [4.78, 5) is 13.7. The highest BCUT2D eigenvalue weighted by Crippen LogP contribution is 2.17. The van der Waals surface area contributed by atoms with Gasteiger partial charge in [0.1, 0.15) is 0 Å². The summed E-state index contributed by atoms with van der Waals surface area (Å²) in [6.07, 6.45) is 3.88. The van der Waals surface area contributed by atoms with E-state index in [1.165, 1.54) is 5.56 Å². The highest BCUT2D eigenvalue weighted by atomic mass is 16.3. The quantitative estimate of drug-likeness (QED) is 0.827. The molecule has 0 radical (unpaired) electrons. The van der Waals surface area contributed by atoms with Crippen LogP contribution in [0.2, 0.25) is 0 Å².